The van der Waals surface area contributed by atoms with Crippen LogP contribution in [0.15, 0.2) is 65.6 Å². The smallest absolute Gasteiger partial charge is 0.251 e. The molecule has 0 saturated carbocycles. The van der Waals surface area contributed by atoms with Crippen molar-refractivity contribution in [3.63, 3.8) is 0 Å². The van der Waals surface area contributed by atoms with E-state index >= 15 is 0 Å². The van der Waals surface area contributed by atoms with Crippen LogP contribution in [0.2, 0.25) is 0 Å². The van der Waals surface area contributed by atoms with Crippen LogP contribution in [0.5, 0.6) is 0 Å². The lowest BCUT2D eigenvalue weighted by Crippen LogP contribution is -2.26. The number of hydrogen-bond acceptors (Lipinski definition) is 4. The van der Waals surface area contributed by atoms with Crippen LogP contribution in [0.4, 0.5) is 5.69 Å². The molecule has 3 aromatic rings. The van der Waals surface area contributed by atoms with Gasteiger partial charge in [-0.15, -0.1) is 0 Å². The van der Waals surface area contributed by atoms with Crippen LogP contribution in [0.25, 0.3) is 0 Å². The van der Waals surface area contributed by atoms with Gasteiger partial charge in [0.1, 0.15) is 0 Å². The van der Waals surface area contributed by atoms with E-state index in [0.29, 0.717) is 17.8 Å². The standard InChI is InChI=1S/C27H31N3O4S/c1-18-15-19(2)26(20(3)16-18)13-14-28-27(32)23-7-5-22(6-8-23)17-29-35(33,34)25-11-9-24(10-12-25)30-21(4)31/h5-12,15-16,29H,13-14,17H2,1-4H3,(H,28,32)(H,30,31). The molecule has 35 heavy (non-hydrogen) atoms. The first-order valence-corrected chi connectivity index (χ1v) is 12.8. The molecule has 7 nitrogen and oxygen atoms in total. The largest absolute Gasteiger partial charge is 0.352 e. The van der Waals surface area contributed by atoms with Gasteiger partial charge < -0.3 is 10.6 Å². The van der Waals surface area contributed by atoms with Gasteiger partial charge in [0.15, 0.2) is 0 Å². The van der Waals surface area contributed by atoms with Crippen molar-refractivity contribution in [2.45, 2.75) is 45.6 Å². The summed E-state index contributed by atoms with van der Waals surface area (Å²) in [7, 11) is -3.72. The molecule has 0 aliphatic carbocycles. The minimum atomic E-state index is -3.72. The maximum Gasteiger partial charge on any atom is 0.251 e. The van der Waals surface area contributed by atoms with Crippen LogP contribution < -0.4 is 15.4 Å². The van der Waals surface area contributed by atoms with Gasteiger partial charge in [0.2, 0.25) is 15.9 Å². The highest BCUT2D eigenvalue weighted by Gasteiger charge is 2.14. The Hall–Kier alpha value is -3.49. The first kappa shape index (κ1) is 26.1. The number of sulfonamides is 1. The third-order valence-corrected chi connectivity index (χ3v) is 7.09. The fourth-order valence-corrected chi connectivity index (χ4v) is 4.98. The quantitative estimate of drug-likeness (QED) is 0.419. The minimum Gasteiger partial charge on any atom is -0.352 e. The third-order valence-electron chi connectivity index (χ3n) is 5.67. The highest BCUT2D eigenvalue weighted by molar-refractivity contribution is 7.89. The van der Waals surface area contributed by atoms with Crippen molar-refractivity contribution < 1.29 is 18.0 Å². The lowest BCUT2D eigenvalue weighted by molar-refractivity contribution is -0.114. The molecule has 0 radical (unpaired) electrons. The van der Waals surface area contributed by atoms with Crippen molar-refractivity contribution in [3.05, 3.63) is 94.0 Å². The summed E-state index contributed by atoms with van der Waals surface area (Å²) in [5.74, 6) is -0.397. The second-order valence-corrected chi connectivity index (χ2v) is 10.4. The fraction of sp³-hybridized carbons (Fsp3) is 0.259. The Bertz CT molecular complexity index is 1290. The number of aryl methyl sites for hydroxylation is 3. The van der Waals surface area contributed by atoms with Crippen LogP contribution in [0, 0.1) is 20.8 Å². The number of nitrogens with one attached hydrogen (secondary N) is 3. The molecule has 0 spiro atoms. The molecule has 0 saturated heterocycles. The summed E-state index contributed by atoms with van der Waals surface area (Å²) in [4.78, 5) is 23.7. The van der Waals surface area contributed by atoms with Crippen LogP contribution in [-0.4, -0.2) is 26.8 Å². The highest BCUT2D eigenvalue weighted by atomic mass is 32.2. The zero-order valence-corrected chi connectivity index (χ0v) is 21.3. The summed E-state index contributed by atoms with van der Waals surface area (Å²) in [5, 5.41) is 5.55. The predicted molar refractivity (Wildman–Crippen MR) is 138 cm³/mol. The summed E-state index contributed by atoms with van der Waals surface area (Å²) in [5.41, 5.74) is 6.71. The minimum absolute atomic E-state index is 0.0870. The van der Waals surface area contributed by atoms with Gasteiger partial charge in [-0.05, 0) is 85.8 Å². The number of anilines is 1. The molecule has 0 aliphatic rings. The maximum absolute atomic E-state index is 12.6. The Morgan fingerprint density at radius 1 is 0.857 bits per heavy atom. The number of benzene rings is 3. The monoisotopic (exact) mass is 493 g/mol. The average molecular weight is 494 g/mol. The first-order valence-electron chi connectivity index (χ1n) is 11.4. The van der Waals surface area contributed by atoms with E-state index in [4.69, 9.17) is 0 Å². The molecule has 8 heteroatoms. The van der Waals surface area contributed by atoms with Crippen LogP contribution >= 0.6 is 0 Å². The maximum atomic E-state index is 12.6. The zero-order valence-electron chi connectivity index (χ0n) is 20.4. The van der Waals surface area contributed by atoms with Gasteiger partial charge in [0, 0.05) is 31.3 Å². The topological polar surface area (TPSA) is 104 Å². The van der Waals surface area contributed by atoms with Crippen LogP contribution in [0.3, 0.4) is 0 Å². The van der Waals surface area contributed by atoms with E-state index in [2.05, 4.69) is 48.3 Å². The molecular weight excluding hydrogens is 462 g/mol. The van der Waals surface area contributed by atoms with Gasteiger partial charge in [-0.25, -0.2) is 13.1 Å². The molecule has 3 N–H and O–H groups in total. The van der Waals surface area contributed by atoms with Crippen molar-refractivity contribution >= 4 is 27.5 Å². The Labute approximate surface area is 207 Å². The number of carbonyl (C=O) groups excluding carboxylic acids is 2. The fourth-order valence-electron chi connectivity index (χ4n) is 3.96. The lowest BCUT2D eigenvalue weighted by Gasteiger charge is -2.12. The van der Waals surface area contributed by atoms with Gasteiger partial charge in [0.05, 0.1) is 4.90 Å². The van der Waals surface area contributed by atoms with E-state index in [0.717, 1.165) is 12.0 Å². The Kier molecular flexibility index (Phi) is 8.43. The summed E-state index contributed by atoms with van der Waals surface area (Å²) >= 11 is 0. The van der Waals surface area contributed by atoms with Crippen molar-refractivity contribution in [2.75, 3.05) is 11.9 Å². The second kappa shape index (κ2) is 11.3. The molecule has 0 bridgehead atoms. The molecule has 0 aliphatic heterocycles. The van der Waals surface area contributed by atoms with E-state index in [9.17, 15) is 18.0 Å². The van der Waals surface area contributed by atoms with E-state index in [1.165, 1.54) is 53.4 Å². The Balaban J connectivity index is 1.53. The van der Waals surface area contributed by atoms with E-state index < -0.39 is 10.0 Å². The Morgan fingerprint density at radius 2 is 1.46 bits per heavy atom. The molecule has 3 aromatic carbocycles. The number of amides is 2. The molecule has 0 fully saturated rings. The second-order valence-electron chi connectivity index (χ2n) is 8.61. The summed E-state index contributed by atoms with van der Waals surface area (Å²) < 4.78 is 27.7. The Morgan fingerprint density at radius 3 is 2.03 bits per heavy atom. The number of hydrogen-bond donors (Lipinski definition) is 3. The van der Waals surface area contributed by atoms with Crippen molar-refractivity contribution in [3.8, 4) is 0 Å². The van der Waals surface area contributed by atoms with Gasteiger partial charge in [-0.3, -0.25) is 9.59 Å². The van der Waals surface area contributed by atoms with Gasteiger partial charge in [0.25, 0.3) is 5.91 Å². The van der Waals surface area contributed by atoms with E-state index in [1.807, 2.05) is 0 Å². The summed E-state index contributed by atoms with van der Waals surface area (Å²) in [6, 6.07) is 17.1. The predicted octanol–water partition coefficient (Wildman–Crippen LogP) is 4.02. The van der Waals surface area contributed by atoms with Crippen molar-refractivity contribution in [1.82, 2.24) is 10.0 Å². The normalized spacial score (nSPS) is 11.2. The van der Waals surface area contributed by atoms with Crippen molar-refractivity contribution in [2.24, 2.45) is 0 Å². The number of carbonyl (C=O) groups is 2. The molecule has 184 valence electrons. The molecule has 2 amide bonds. The molecule has 3 rings (SSSR count). The SMILES string of the molecule is CC(=O)Nc1ccc(S(=O)(=O)NCc2ccc(C(=O)NCCc3c(C)cc(C)cc3C)cc2)cc1. The molecule has 0 unspecified atom stereocenters. The molecular formula is C27H31N3O4S. The molecule has 0 atom stereocenters. The summed E-state index contributed by atoms with van der Waals surface area (Å²) in [6.45, 7) is 8.26. The zero-order chi connectivity index (χ0) is 25.6. The lowest BCUT2D eigenvalue weighted by atomic mass is 9.97. The van der Waals surface area contributed by atoms with Crippen molar-refractivity contribution in [1.29, 1.82) is 0 Å². The molecule has 0 heterocycles. The molecule has 0 aromatic heterocycles. The van der Waals surface area contributed by atoms with Crippen LogP contribution in [0.1, 0.15) is 45.1 Å². The van der Waals surface area contributed by atoms with Gasteiger partial charge in [-0.1, -0.05) is 29.8 Å². The summed E-state index contributed by atoms with van der Waals surface area (Å²) in [6.07, 6.45) is 0.759. The van der Waals surface area contributed by atoms with Gasteiger partial charge >= 0.3 is 0 Å². The van der Waals surface area contributed by atoms with Crippen LogP contribution in [-0.2, 0) is 27.8 Å². The average Bonchev–Trinajstić information content (AvgIpc) is 2.79. The van der Waals surface area contributed by atoms with E-state index in [-0.39, 0.29) is 23.3 Å². The third kappa shape index (κ3) is 7.24. The first-order chi connectivity index (χ1) is 16.5. The van der Waals surface area contributed by atoms with E-state index in [1.54, 1.807) is 24.3 Å². The number of rotatable bonds is 9. The van der Waals surface area contributed by atoms with Gasteiger partial charge in [-0.2, -0.15) is 0 Å². The highest BCUT2D eigenvalue weighted by Crippen LogP contribution is 2.17.